The molecular formula is C21H28N4O5. The van der Waals surface area contributed by atoms with Gasteiger partial charge in [0, 0.05) is 32.4 Å². The molecule has 0 bridgehead atoms. The van der Waals surface area contributed by atoms with Crippen LogP contribution in [-0.2, 0) is 0 Å². The van der Waals surface area contributed by atoms with Crippen LogP contribution in [0.4, 0.5) is 11.4 Å². The summed E-state index contributed by atoms with van der Waals surface area (Å²) in [5.41, 5.74) is 1.66. The van der Waals surface area contributed by atoms with E-state index < -0.39 is 10.8 Å². The van der Waals surface area contributed by atoms with Gasteiger partial charge in [-0.05, 0) is 31.8 Å². The van der Waals surface area contributed by atoms with Crippen LogP contribution in [0.3, 0.4) is 0 Å². The lowest BCUT2D eigenvalue weighted by atomic mass is 10.0. The van der Waals surface area contributed by atoms with Gasteiger partial charge in [-0.3, -0.25) is 14.9 Å². The van der Waals surface area contributed by atoms with Gasteiger partial charge in [-0.2, -0.15) is 0 Å². The Balaban J connectivity index is 2.26. The Hall–Kier alpha value is -3.33. The van der Waals surface area contributed by atoms with Gasteiger partial charge in [0.2, 0.25) is 0 Å². The van der Waals surface area contributed by atoms with Gasteiger partial charge in [0.25, 0.3) is 11.6 Å². The third-order valence-electron chi connectivity index (χ3n) is 4.82. The predicted octanol–water partition coefficient (Wildman–Crippen LogP) is 2.71. The van der Waals surface area contributed by atoms with Crippen LogP contribution in [0.15, 0.2) is 36.4 Å². The van der Waals surface area contributed by atoms with Gasteiger partial charge in [0.15, 0.2) is 11.5 Å². The van der Waals surface area contributed by atoms with Crippen LogP contribution in [0.25, 0.3) is 0 Å². The topological polar surface area (TPSA) is 97.2 Å². The van der Waals surface area contributed by atoms with E-state index in [1.54, 1.807) is 0 Å². The van der Waals surface area contributed by atoms with Crippen molar-refractivity contribution in [3.8, 4) is 11.5 Å². The first-order valence-corrected chi connectivity index (χ1v) is 9.31. The summed E-state index contributed by atoms with van der Waals surface area (Å²) < 4.78 is 10.3. The lowest BCUT2D eigenvalue weighted by molar-refractivity contribution is -0.385. The van der Waals surface area contributed by atoms with Crippen molar-refractivity contribution < 1.29 is 19.2 Å². The Morgan fingerprint density at radius 3 is 2.10 bits per heavy atom. The monoisotopic (exact) mass is 416 g/mol. The van der Waals surface area contributed by atoms with Crippen molar-refractivity contribution in [3.63, 3.8) is 0 Å². The molecule has 2 aromatic rings. The number of carbonyl (C=O) groups is 1. The summed E-state index contributed by atoms with van der Waals surface area (Å²) in [5.74, 6) is -0.121. The van der Waals surface area contributed by atoms with E-state index in [1.807, 2.05) is 62.3 Å². The van der Waals surface area contributed by atoms with E-state index >= 15 is 0 Å². The summed E-state index contributed by atoms with van der Waals surface area (Å²) in [5, 5.41) is 14.3. The van der Waals surface area contributed by atoms with Gasteiger partial charge in [-0.1, -0.05) is 12.1 Å². The van der Waals surface area contributed by atoms with Crippen molar-refractivity contribution in [2.75, 3.05) is 53.9 Å². The van der Waals surface area contributed by atoms with Crippen molar-refractivity contribution in [1.29, 1.82) is 0 Å². The maximum absolute atomic E-state index is 12.8. The van der Waals surface area contributed by atoms with Crippen LogP contribution in [0.2, 0.25) is 0 Å². The minimum Gasteiger partial charge on any atom is -0.493 e. The number of nitrogens with zero attached hydrogens (tertiary/aromatic N) is 3. The molecule has 0 fully saturated rings. The smallest absolute Gasteiger partial charge is 0.286 e. The Labute approximate surface area is 176 Å². The van der Waals surface area contributed by atoms with E-state index in [-0.39, 0.29) is 35.3 Å². The minimum atomic E-state index is -0.611. The third-order valence-corrected chi connectivity index (χ3v) is 4.82. The number of ether oxygens (including phenoxy) is 2. The summed E-state index contributed by atoms with van der Waals surface area (Å²) in [6.45, 7) is 0.276. The first-order valence-electron chi connectivity index (χ1n) is 9.31. The van der Waals surface area contributed by atoms with E-state index in [4.69, 9.17) is 9.47 Å². The molecule has 0 saturated carbocycles. The van der Waals surface area contributed by atoms with Crippen molar-refractivity contribution in [2.45, 2.75) is 6.04 Å². The molecule has 0 saturated heterocycles. The molecule has 162 valence electrons. The summed E-state index contributed by atoms with van der Waals surface area (Å²) in [4.78, 5) is 27.6. The molecule has 0 aliphatic heterocycles. The maximum atomic E-state index is 12.8. The lowest BCUT2D eigenvalue weighted by Crippen LogP contribution is -2.34. The van der Waals surface area contributed by atoms with E-state index in [2.05, 4.69) is 5.32 Å². The van der Waals surface area contributed by atoms with Gasteiger partial charge in [0.1, 0.15) is 5.56 Å². The highest BCUT2D eigenvalue weighted by Crippen LogP contribution is 2.34. The summed E-state index contributed by atoms with van der Waals surface area (Å²) in [6.07, 6.45) is 0. The first kappa shape index (κ1) is 23.0. The molecule has 1 amide bonds. The summed E-state index contributed by atoms with van der Waals surface area (Å²) >= 11 is 0. The Kier molecular flexibility index (Phi) is 7.60. The number of rotatable bonds is 9. The Morgan fingerprint density at radius 1 is 1.07 bits per heavy atom. The molecule has 1 atom stereocenters. The highest BCUT2D eigenvalue weighted by molar-refractivity contribution is 5.99. The second-order valence-electron chi connectivity index (χ2n) is 7.16. The predicted molar refractivity (Wildman–Crippen MR) is 116 cm³/mol. The van der Waals surface area contributed by atoms with Gasteiger partial charge < -0.3 is 24.6 Å². The largest absolute Gasteiger partial charge is 0.493 e. The second kappa shape index (κ2) is 9.93. The molecule has 30 heavy (non-hydrogen) atoms. The number of nitro benzene ring substituents is 1. The number of amides is 1. The molecule has 0 aliphatic rings. The second-order valence-corrected chi connectivity index (χ2v) is 7.16. The molecule has 0 aromatic heterocycles. The van der Waals surface area contributed by atoms with Crippen LogP contribution in [0.1, 0.15) is 22.0 Å². The van der Waals surface area contributed by atoms with Gasteiger partial charge in [-0.25, -0.2) is 0 Å². The zero-order valence-electron chi connectivity index (χ0n) is 18.1. The van der Waals surface area contributed by atoms with Crippen LogP contribution < -0.4 is 19.7 Å². The number of hydrogen-bond donors (Lipinski definition) is 1. The Morgan fingerprint density at radius 2 is 1.63 bits per heavy atom. The average molecular weight is 416 g/mol. The Bertz CT molecular complexity index is 897. The van der Waals surface area contributed by atoms with Crippen LogP contribution in [0.5, 0.6) is 11.5 Å². The fraction of sp³-hybridized carbons (Fsp3) is 0.381. The molecule has 0 radical (unpaired) electrons. The molecule has 2 aromatic carbocycles. The number of methoxy groups -OCH3 is 2. The molecule has 9 nitrogen and oxygen atoms in total. The zero-order chi connectivity index (χ0) is 22.4. The highest BCUT2D eigenvalue weighted by Gasteiger charge is 2.25. The van der Waals surface area contributed by atoms with Crippen LogP contribution >= 0.6 is 0 Å². The van der Waals surface area contributed by atoms with Crippen molar-refractivity contribution in [1.82, 2.24) is 10.2 Å². The zero-order valence-corrected chi connectivity index (χ0v) is 18.1. The molecule has 0 heterocycles. The summed E-state index contributed by atoms with van der Waals surface area (Å²) in [7, 11) is 10.5. The van der Waals surface area contributed by atoms with Crippen LogP contribution in [-0.4, -0.2) is 64.7 Å². The summed E-state index contributed by atoms with van der Waals surface area (Å²) in [6, 6.07) is 10.4. The normalized spacial score (nSPS) is 11.7. The molecule has 0 aliphatic carbocycles. The number of nitrogens with one attached hydrogen (secondary N) is 1. The van der Waals surface area contributed by atoms with Gasteiger partial charge >= 0.3 is 0 Å². The van der Waals surface area contributed by atoms with E-state index in [9.17, 15) is 14.9 Å². The maximum Gasteiger partial charge on any atom is 0.286 e. The molecule has 1 N–H and O–H groups in total. The van der Waals surface area contributed by atoms with Crippen LogP contribution in [0, 0.1) is 10.1 Å². The van der Waals surface area contributed by atoms with Crippen molar-refractivity contribution in [3.05, 3.63) is 57.6 Å². The van der Waals surface area contributed by atoms with E-state index in [0.29, 0.717) is 0 Å². The number of likely N-dealkylation sites (N-methyl/N-ethyl adjacent to an activating group) is 1. The van der Waals surface area contributed by atoms with E-state index in [0.717, 1.165) is 11.3 Å². The fourth-order valence-corrected chi connectivity index (χ4v) is 3.08. The third kappa shape index (κ3) is 5.18. The number of benzene rings is 2. The molecule has 0 unspecified atom stereocenters. The first-order chi connectivity index (χ1) is 14.2. The van der Waals surface area contributed by atoms with Crippen molar-refractivity contribution in [2.24, 2.45) is 0 Å². The molecular weight excluding hydrogens is 388 g/mol. The number of hydrogen-bond acceptors (Lipinski definition) is 7. The average Bonchev–Trinajstić information content (AvgIpc) is 2.72. The quantitative estimate of drug-likeness (QED) is 0.496. The van der Waals surface area contributed by atoms with Gasteiger partial charge in [0.05, 0.1) is 31.3 Å². The molecule has 0 spiro atoms. The SMILES string of the molecule is COc1cc(C(=O)NC[C@H](c2ccc(N(C)C)cc2)N(C)C)c([N+](=O)[O-])cc1OC. The van der Waals surface area contributed by atoms with Gasteiger partial charge in [-0.15, -0.1) is 0 Å². The fourth-order valence-electron chi connectivity index (χ4n) is 3.08. The number of carbonyl (C=O) groups excluding carboxylic acids is 1. The highest BCUT2D eigenvalue weighted by atomic mass is 16.6. The number of nitro groups is 1. The minimum absolute atomic E-state index is 0.0851. The van der Waals surface area contributed by atoms with Crippen molar-refractivity contribution >= 4 is 17.3 Å². The lowest BCUT2D eigenvalue weighted by Gasteiger charge is -2.26. The standard InChI is InChI=1S/C21H28N4O5/c1-23(2)15-9-7-14(8-10-15)18(24(3)4)13-22-21(26)16-11-19(29-5)20(30-6)12-17(16)25(27)28/h7-12,18H,13H2,1-6H3,(H,22,26)/t18-/m1/s1. The number of anilines is 1. The molecule has 9 heteroatoms. The van der Waals surface area contributed by atoms with E-state index in [1.165, 1.54) is 26.4 Å². The molecule has 2 rings (SSSR count).